The van der Waals surface area contributed by atoms with E-state index in [4.69, 9.17) is 14.2 Å². The molecule has 0 radical (unpaired) electrons. The Morgan fingerprint density at radius 2 is 2.06 bits per heavy atom. The lowest BCUT2D eigenvalue weighted by atomic mass is 10.1. The monoisotopic (exact) mass is 224 g/mol. The second-order valence-corrected chi connectivity index (χ2v) is 3.18. The van der Waals surface area contributed by atoms with E-state index in [9.17, 15) is 4.79 Å². The van der Waals surface area contributed by atoms with E-state index < -0.39 is 0 Å². The van der Waals surface area contributed by atoms with Crippen LogP contribution in [-0.2, 0) is 4.74 Å². The number of hydrogen-bond donors (Lipinski definition) is 0. The Balaban J connectivity index is 2.80. The van der Waals surface area contributed by atoms with E-state index in [0.29, 0.717) is 23.7 Å². The number of ketones is 1. The SMILES string of the molecule is CCOCOc1ccc(C(C)=O)cc1OC. The molecule has 4 heteroatoms. The maximum atomic E-state index is 11.2. The van der Waals surface area contributed by atoms with Gasteiger partial charge < -0.3 is 14.2 Å². The van der Waals surface area contributed by atoms with Crippen LogP contribution >= 0.6 is 0 Å². The van der Waals surface area contributed by atoms with Crippen molar-refractivity contribution in [3.8, 4) is 11.5 Å². The summed E-state index contributed by atoms with van der Waals surface area (Å²) < 4.78 is 15.5. The van der Waals surface area contributed by atoms with Gasteiger partial charge in [0.2, 0.25) is 0 Å². The Morgan fingerprint density at radius 1 is 1.31 bits per heavy atom. The van der Waals surface area contributed by atoms with Gasteiger partial charge in [0.15, 0.2) is 24.1 Å². The summed E-state index contributed by atoms with van der Waals surface area (Å²) in [6, 6.07) is 5.06. The second-order valence-electron chi connectivity index (χ2n) is 3.18. The van der Waals surface area contributed by atoms with Gasteiger partial charge in [0.25, 0.3) is 0 Å². The van der Waals surface area contributed by atoms with Gasteiger partial charge in [-0.2, -0.15) is 0 Å². The van der Waals surface area contributed by atoms with Crippen molar-refractivity contribution in [1.29, 1.82) is 0 Å². The number of benzene rings is 1. The van der Waals surface area contributed by atoms with Crippen molar-refractivity contribution in [3.05, 3.63) is 23.8 Å². The van der Waals surface area contributed by atoms with Crippen molar-refractivity contribution in [1.82, 2.24) is 0 Å². The fourth-order valence-electron chi connectivity index (χ4n) is 1.19. The van der Waals surface area contributed by atoms with Gasteiger partial charge >= 0.3 is 0 Å². The van der Waals surface area contributed by atoms with E-state index in [-0.39, 0.29) is 12.6 Å². The summed E-state index contributed by atoms with van der Waals surface area (Å²) in [5.41, 5.74) is 0.598. The number of carbonyl (C=O) groups is 1. The highest BCUT2D eigenvalue weighted by Gasteiger charge is 2.07. The zero-order valence-electron chi connectivity index (χ0n) is 9.78. The molecule has 0 heterocycles. The summed E-state index contributed by atoms with van der Waals surface area (Å²) >= 11 is 0. The van der Waals surface area contributed by atoms with Gasteiger partial charge in [0.1, 0.15) is 0 Å². The molecule has 0 aliphatic carbocycles. The maximum Gasteiger partial charge on any atom is 0.189 e. The quantitative estimate of drug-likeness (QED) is 0.422. The van der Waals surface area contributed by atoms with E-state index in [2.05, 4.69) is 0 Å². The third kappa shape index (κ3) is 3.24. The molecule has 0 aromatic heterocycles. The highest BCUT2D eigenvalue weighted by molar-refractivity contribution is 5.94. The smallest absolute Gasteiger partial charge is 0.189 e. The molecule has 0 spiro atoms. The first-order chi connectivity index (χ1) is 7.69. The fraction of sp³-hybridized carbons (Fsp3) is 0.417. The normalized spacial score (nSPS) is 9.94. The summed E-state index contributed by atoms with van der Waals surface area (Å²) in [5.74, 6) is 1.10. The Bertz CT molecular complexity index is 360. The Labute approximate surface area is 95.1 Å². The number of carbonyl (C=O) groups excluding carboxylic acids is 1. The van der Waals surface area contributed by atoms with Crippen molar-refractivity contribution >= 4 is 5.78 Å². The van der Waals surface area contributed by atoms with Gasteiger partial charge in [0.05, 0.1) is 7.11 Å². The van der Waals surface area contributed by atoms with Crippen LogP contribution in [-0.4, -0.2) is 26.3 Å². The molecule has 88 valence electrons. The van der Waals surface area contributed by atoms with Crippen molar-refractivity contribution < 1.29 is 19.0 Å². The zero-order valence-corrected chi connectivity index (χ0v) is 9.78. The standard InChI is InChI=1S/C12H16O4/c1-4-15-8-16-11-6-5-10(9(2)13)7-12(11)14-3/h5-7H,4,8H2,1-3H3. The molecule has 0 fully saturated rings. The van der Waals surface area contributed by atoms with E-state index in [1.165, 1.54) is 14.0 Å². The molecule has 0 amide bonds. The van der Waals surface area contributed by atoms with Crippen molar-refractivity contribution in [3.63, 3.8) is 0 Å². The van der Waals surface area contributed by atoms with Gasteiger partial charge in [-0.3, -0.25) is 4.79 Å². The van der Waals surface area contributed by atoms with E-state index in [1.807, 2.05) is 6.92 Å². The van der Waals surface area contributed by atoms with Crippen LogP contribution in [0.3, 0.4) is 0 Å². The molecule has 0 aliphatic heterocycles. The van der Waals surface area contributed by atoms with Crippen LogP contribution in [0.25, 0.3) is 0 Å². The van der Waals surface area contributed by atoms with Crippen LogP contribution in [0.4, 0.5) is 0 Å². The number of hydrogen-bond acceptors (Lipinski definition) is 4. The first kappa shape index (κ1) is 12.5. The molecule has 1 rings (SSSR count). The van der Waals surface area contributed by atoms with Gasteiger partial charge in [-0.25, -0.2) is 0 Å². The molecule has 0 aliphatic rings. The first-order valence-electron chi connectivity index (χ1n) is 5.08. The number of rotatable bonds is 6. The van der Waals surface area contributed by atoms with Gasteiger partial charge in [-0.15, -0.1) is 0 Å². The lowest BCUT2D eigenvalue weighted by molar-refractivity contribution is 0.0209. The van der Waals surface area contributed by atoms with Crippen LogP contribution < -0.4 is 9.47 Å². The van der Waals surface area contributed by atoms with Crippen LogP contribution in [0.1, 0.15) is 24.2 Å². The average Bonchev–Trinajstić information content (AvgIpc) is 2.29. The predicted molar refractivity (Wildman–Crippen MR) is 60.1 cm³/mol. The lowest BCUT2D eigenvalue weighted by Gasteiger charge is -2.11. The molecule has 16 heavy (non-hydrogen) atoms. The Hall–Kier alpha value is -1.55. The van der Waals surface area contributed by atoms with E-state index >= 15 is 0 Å². The molecular weight excluding hydrogens is 208 g/mol. The largest absolute Gasteiger partial charge is 0.493 e. The average molecular weight is 224 g/mol. The molecule has 0 unspecified atom stereocenters. The van der Waals surface area contributed by atoms with Crippen LogP contribution in [0.2, 0.25) is 0 Å². The molecule has 0 saturated heterocycles. The molecule has 4 nitrogen and oxygen atoms in total. The van der Waals surface area contributed by atoms with E-state index in [1.54, 1.807) is 18.2 Å². The summed E-state index contributed by atoms with van der Waals surface area (Å²) in [7, 11) is 1.53. The number of ether oxygens (including phenoxy) is 3. The number of methoxy groups -OCH3 is 1. The Morgan fingerprint density at radius 3 is 2.62 bits per heavy atom. The van der Waals surface area contributed by atoms with E-state index in [0.717, 1.165) is 0 Å². The van der Waals surface area contributed by atoms with Crippen LogP contribution in [0.5, 0.6) is 11.5 Å². The fourth-order valence-corrected chi connectivity index (χ4v) is 1.19. The highest BCUT2D eigenvalue weighted by atomic mass is 16.7. The molecule has 0 atom stereocenters. The predicted octanol–water partition coefficient (Wildman–Crippen LogP) is 2.27. The van der Waals surface area contributed by atoms with Gasteiger partial charge in [-0.1, -0.05) is 0 Å². The lowest BCUT2D eigenvalue weighted by Crippen LogP contribution is -2.04. The minimum absolute atomic E-state index is 0.00495. The summed E-state index contributed by atoms with van der Waals surface area (Å²) in [4.78, 5) is 11.2. The molecule has 0 saturated carbocycles. The zero-order chi connectivity index (χ0) is 12.0. The molecule has 0 bridgehead atoms. The topological polar surface area (TPSA) is 44.8 Å². The van der Waals surface area contributed by atoms with Crippen molar-refractivity contribution in [2.24, 2.45) is 0 Å². The van der Waals surface area contributed by atoms with Gasteiger partial charge in [-0.05, 0) is 32.0 Å². The minimum Gasteiger partial charge on any atom is -0.493 e. The third-order valence-electron chi connectivity index (χ3n) is 2.07. The summed E-state index contributed by atoms with van der Waals surface area (Å²) in [6.45, 7) is 4.16. The molecule has 1 aromatic carbocycles. The highest BCUT2D eigenvalue weighted by Crippen LogP contribution is 2.28. The maximum absolute atomic E-state index is 11.2. The first-order valence-corrected chi connectivity index (χ1v) is 5.08. The summed E-state index contributed by atoms with van der Waals surface area (Å²) in [5, 5.41) is 0. The molecule has 0 N–H and O–H groups in total. The van der Waals surface area contributed by atoms with Crippen molar-refractivity contribution in [2.75, 3.05) is 20.5 Å². The molecule has 1 aromatic rings. The Kier molecular flexibility index (Phi) is 4.79. The minimum atomic E-state index is -0.00495. The van der Waals surface area contributed by atoms with Gasteiger partial charge in [0, 0.05) is 12.2 Å². The van der Waals surface area contributed by atoms with Crippen LogP contribution in [0, 0.1) is 0 Å². The summed E-state index contributed by atoms with van der Waals surface area (Å²) in [6.07, 6.45) is 0. The van der Waals surface area contributed by atoms with Crippen LogP contribution in [0.15, 0.2) is 18.2 Å². The number of Topliss-reactive ketones (excluding diaryl/α,β-unsaturated/α-hetero) is 1. The van der Waals surface area contributed by atoms with Crippen molar-refractivity contribution in [2.45, 2.75) is 13.8 Å². The molecular formula is C12H16O4. The third-order valence-corrected chi connectivity index (χ3v) is 2.07. The second kappa shape index (κ2) is 6.12.